The average Bonchev–Trinajstić information content (AvgIpc) is 2.82. The van der Waals surface area contributed by atoms with Crippen molar-refractivity contribution in [3.05, 3.63) is 30.1 Å². The summed E-state index contributed by atoms with van der Waals surface area (Å²) >= 11 is 0. The lowest BCUT2D eigenvalue weighted by molar-refractivity contribution is 0.0676. The number of benzene rings is 1. The molecule has 6 nitrogen and oxygen atoms in total. The number of nitrogens with zero attached hydrogens (tertiary/aromatic N) is 3. The number of imidazole rings is 1. The number of rotatable bonds is 7. The molecule has 0 fully saturated rings. The van der Waals surface area contributed by atoms with Crippen molar-refractivity contribution in [2.24, 2.45) is 7.05 Å². The van der Waals surface area contributed by atoms with Gasteiger partial charge in [0.05, 0.1) is 23.2 Å². The van der Waals surface area contributed by atoms with Gasteiger partial charge in [0.15, 0.2) is 0 Å². The van der Waals surface area contributed by atoms with Crippen molar-refractivity contribution in [3.8, 4) is 0 Å². The van der Waals surface area contributed by atoms with Crippen LogP contribution in [-0.4, -0.2) is 44.3 Å². The first-order valence-corrected chi connectivity index (χ1v) is 8.82. The molecule has 2 N–H and O–H groups in total. The topological polar surface area (TPSA) is 70.4 Å². The Bertz CT molecular complexity index is 718. The van der Waals surface area contributed by atoms with E-state index in [0.717, 1.165) is 36.1 Å². The van der Waals surface area contributed by atoms with E-state index in [2.05, 4.69) is 10.3 Å². The van der Waals surface area contributed by atoms with Crippen molar-refractivity contribution in [1.29, 1.82) is 0 Å². The third-order valence-corrected chi connectivity index (χ3v) is 4.40. The fourth-order valence-corrected chi connectivity index (χ4v) is 2.85. The lowest BCUT2D eigenvalue weighted by Crippen LogP contribution is -2.42. The molecule has 0 saturated heterocycles. The van der Waals surface area contributed by atoms with Gasteiger partial charge in [-0.3, -0.25) is 0 Å². The van der Waals surface area contributed by atoms with Gasteiger partial charge in [-0.1, -0.05) is 12.1 Å². The molecule has 0 bridgehead atoms. The Kier molecular flexibility index (Phi) is 6.06. The van der Waals surface area contributed by atoms with E-state index in [9.17, 15) is 9.90 Å². The SMILES string of the molecule is C[C@H](CCCC(C)(C)O)NC(=O)N(C)Cc1nc2ccccc2n1C. The zero-order valence-electron chi connectivity index (χ0n) is 15.9. The summed E-state index contributed by atoms with van der Waals surface area (Å²) in [6, 6.07) is 7.91. The first-order valence-electron chi connectivity index (χ1n) is 8.82. The number of hydrogen-bond donors (Lipinski definition) is 2. The highest BCUT2D eigenvalue weighted by Crippen LogP contribution is 2.16. The zero-order valence-corrected chi connectivity index (χ0v) is 15.9. The molecule has 1 aromatic heterocycles. The van der Waals surface area contributed by atoms with Crippen LogP contribution in [0.2, 0.25) is 0 Å². The summed E-state index contributed by atoms with van der Waals surface area (Å²) in [4.78, 5) is 18.6. The van der Waals surface area contributed by atoms with Crippen LogP contribution >= 0.6 is 0 Å². The Balaban J connectivity index is 1.88. The molecule has 2 rings (SSSR count). The number of fused-ring (bicyclic) bond motifs is 1. The van der Waals surface area contributed by atoms with Gasteiger partial charge >= 0.3 is 6.03 Å². The number of carbonyl (C=O) groups is 1. The van der Waals surface area contributed by atoms with Gasteiger partial charge in [-0.2, -0.15) is 0 Å². The van der Waals surface area contributed by atoms with Crippen LogP contribution in [0.1, 0.15) is 45.9 Å². The van der Waals surface area contributed by atoms with Crippen molar-refractivity contribution in [1.82, 2.24) is 19.8 Å². The molecule has 0 saturated carbocycles. The maximum Gasteiger partial charge on any atom is 0.317 e. The van der Waals surface area contributed by atoms with E-state index in [1.54, 1.807) is 25.8 Å². The molecule has 2 aromatic rings. The van der Waals surface area contributed by atoms with E-state index in [-0.39, 0.29) is 12.1 Å². The van der Waals surface area contributed by atoms with Crippen molar-refractivity contribution < 1.29 is 9.90 Å². The molecule has 0 spiro atoms. The second-order valence-electron chi connectivity index (χ2n) is 7.49. The number of urea groups is 1. The third-order valence-electron chi connectivity index (χ3n) is 4.40. The van der Waals surface area contributed by atoms with Crippen molar-refractivity contribution in [2.75, 3.05) is 7.05 Å². The Hall–Kier alpha value is -2.08. The molecular weight excluding hydrogens is 316 g/mol. The summed E-state index contributed by atoms with van der Waals surface area (Å²) in [5, 5.41) is 12.8. The highest BCUT2D eigenvalue weighted by Gasteiger charge is 2.17. The molecule has 1 atom stereocenters. The number of amides is 2. The van der Waals surface area contributed by atoms with Crippen LogP contribution in [0.4, 0.5) is 4.79 Å². The van der Waals surface area contributed by atoms with Gasteiger partial charge in [0.2, 0.25) is 0 Å². The standard InChI is InChI=1S/C19H30N4O2/c1-14(9-8-12-19(2,3)25)20-18(24)22(4)13-17-21-15-10-6-7-11-16(15)23(17)5/h6-7,10-11,14,25H,8-9,12-13H2,1-5H3,(H,20,24)/t14-/m1/s1. The minimum Gasteiger partial charge on any atom is -0.390 e. The largest absolute Gasteiger partial charge is 0.390 e. The van der Waals surface area contributed by atoms with Crippen LogP contribution in [0, 0.1) is 0 Å². The van der Waals surface area contributed by atoms with E-state index >= 15 is 0 Å². The predicted octanol–water partition coefficient (Wildman–Crippen LogP) is 3.04. The van der Waals surface area contributed by atoms with Crippen molar-refractivity contribution in [3.63, 3.8) is 0 Å². The third kappa shape index (κ3) is 5.46. The first-order chi connectivity index (χ1) is 11.7. The van der Waals surface area contributed by atoms with Crippen LogP contribution in [0.5, 0.6) is 0 Å². The highest BCUT2D eigenvalue weighted by atomic mass is 16.3. The smallest absolute Gasteiger partial charge is 0.317 e. The monoisotopic (exact) mass is 346 g/mol. The van der Waals surface area contributed by atoms with Crippen LogP contribution in [0.25, 0.3) is 11.0 Å². The number of aryl methyl sites for hydroxylation is 1. The fraction of sp³-hybridized carbons (Fsp3) is 0.579. The number of para-hydroxylation sites is 2. The number of nitrogens with one attached hydrogen (secondary N) is 1. The molecule has 0 aliphatic rings. The number of aromatic nitrogens is 2. The fourth-order valence-electron chi connectivity index (χ4n) is 2.85. The molecule has 138 valence electrons. The Morgan fingerprint density at radius 3 is 2.72 bits per heavy atom. The maximum absolute atomic E-state index is 12.4. The lowest BCUT2D eigenvalue weighted by atomic mass is 10.00. The van der Waals surface area contributed by atoms with Gasteiger partial charge < -0.3 is 19.9 Å². The van der Waals surface area contributed by atoms with E-state index < -0.39 is 5.60 Å². The number of carbonyl (C=O) groups excluding carboxylic acids is 1. The van der Waals surface area contributed by atoms with Crippen LogP contribution in [0.15, 0.2) is 24.3 Å². The normalized spacial score (nSPS) is 13.0. The van der Waals surface area contributed by atoms with Gasteiger partial charge in [0.1, 0.15) is 5.82 Å². The van der Waals surface area contributed by atoms with Crippen LogP contribution < -0.4 is 5.32 Å². The van der Waals surface area contributed by atoms with E-state index in [0.29, 0.717) is 6.54 Å². The minimum atomic E-state index is -0.652. The van der Waals surface area contributed by atoms with E-state index in [1.165, 1.54) is 0 Å². The Morgan fingerprint density at radius 2 is 2.08 bits per heavy atom. The minimum absolute atomic E-state index is 0.0674. The summed E-state index contributed by atoms with van der Waals surface area (Å²) in [6.07, 6.45) is 2.44. The van der Waals surface area contributed by atoms with Crippen molar-refractivity contribution in [2.45, 2.75) is 58.2 Å². The summed E-state index contributed by atoms with van der Waals surface area (Å²) in [7, 11) is 3.74. The molecule has 1 aromatic carbocycles. The summed E-state index contributed by atoms with van der Waals surface area (Å²) in [5.74, 6) is 0.855. The molecule has 1 heterocycles. The second kappa shape index (κ2) is 7.87. The first kappa shape index (κ1) is 19.2. The van der Waals surface area contributed by atoms with Gasteiger partial charge in [-0.05, 0) is 52.2 Å². The molecule has 0 aliphatic heterocycles. The van der Waals surface area contributed by atoms with Crippen LogP contribution in [-0.2, 0) is 13.6 Å². The van der Waals surface area contributed by atoms with Gasteiger partial charge in [-0.25, -0.2) is 9.78 Å². The summed E-state index contributed by atoms with van der Waals surface area (Å²) in [6.45, 7) is 6.06. The molecule has 25 heavy (non-hydrogen) atoms. The number of aliphatic hydroxyl groups is 1. The van der Waals surface area contributed by atoms with Gasteiger partial charge in [0, 0.05) is 20.1 Å². The molecule has 6 heteroatoms. The molecular formula is C19H30N4O2. The Labute approximate surface area is 149 Å². The average molecular weight is 346 g/mol. The van der Waals surface area contributed by atoms with E-state index in [4.69, 9.17) is 0 Å². The Morgan fingerprint density at radius 1 is 1.40 bits per heavy atom. The molecule has 0 radical (unpaired) electrons. The van der Waals surface area contributed by atoms with Gasteiger partial charge in [0.25, 0.3) is 0 Å². The van der Waals surface area contributed by atoms with Gasteiger partial charge in [-0.15, -0.1) is 0 Å². The number of hydrogen-bond acceptors (Lipinski definition) is 3. The van der Waals surface area contributed by atoms with Crippen molar-refractivity contribution >= 4 is 17.1 Å². The molecule has 0 aliphatic carbocycles. The van der Waals surface area contributed by atoms with Crippen LogP contribution in [0.3, 0.4) is 0 Å². The summed E-state index contributed by atoms with van der Waals surface area (Å²) in [5.41, 5.74) is 1.35. The highest BCUT2D eigenvalue weighted by molar-refractivity contribution is 5.76. The predicted molar refractivity (Wildman–Crippen MR) is 100 cm³/mol. The maximum atomic E-state index is 12.4. The molecule has 0 unspecified atom stereocenters. The zero-order chi connectivity index (χ0) is 18.6. The second-order valence-corrected chi connectivity index (χ2v) is 7.49. The quantitative estimate of drug-likeness (QED) is 0.809. The van der Waals surface area contributed by atoms with E-state index in [1.807, 2.05) is 42.8 Å². The molecule has 2 amide bonds. The lowest BCUT2D eigenvalue weighted by Gasteiger charge is -2.22. The summed E-state index contributed by atoms with van der Waals surface area (Å²) < 4.78 is 2.02.